The molecule has 3 rings (SSSR count). The van der Waals surface area contributed by atoms with Crippen LogP contribution in [0.1, 0.15) is 44.1 Å². The van der Waals surface area contributed by atoms with Crippen LogP contribution in [0, 0.1) is 0 Å². The van der Waals surface area contributed by atoms with Crippen molar-refractivity contribution in [3.63, 3.8) is 0 Å². The second-order valence-corrected chi connectivity index (χ2v) is 5.41. The maximum Gasteiger partial charge on any atom is 0.198 e. The van der Waals surface area contributed by atoms with Crippen molar-refractivity contribution in [1.29, 1.82) is 0 Å². The quantitative estimate of drug-likeness (QED) is 0.883. The monoisotopic (exact) mass is 231 g/mol. The summed E-state index contributed by atoms with van der Waals surface area (Å²) in [5.41, 5.74) is 2.43. The maximum absolute atomic E-state index is 9.90. The summed E-state index contributed by atoms with van der Waals surface area (Å²) in [5, 5.41) is 9.90. The van der Waals surface area contributed by atoms with Crippen LogP contribution in [0.15, 0.2) is 22.6 Å². The summed E-state index contributed by atoms with van der Waals surface area (Å²) in [6.45, 7) is 4.14. The van der Waals surface area contributed by atoms with Gasteiger partial charge in [-0.2, -0.15) is 0 Å². The highest BCUT2D eigenvalue weighted by atomic mass is 16.3. The van der Waals surface area contributed by atoms with E-state index in [-0.39, 0.29) is 0 Å². The van der Waals surface area contributed by atoms with E-state index in [1.54, 1.807) is 0 Å². The molecule has 0 unspecified atom stereocenters. The third-order valence-electron chi connectivity index (χ3n) is 3.32. The molecule has 1 aliphatic carbocycles. The van der Waals surface area contributed by atoms with Crippen molar-refractivity contribution in [2.45, 2.75) is 44.6 Å². The lowest BCUT2D eigenvalue weighted by atomic mass is 10.1. The number of aliphatic hydroxyl groups is 1. The number of hydrogen-bond acceptors (Lipinski definition) is 3. The zero-order valence-electron chi connectivity index (χ0n) is 10.2. The number of benzene rings is 1. The molecule has 3 heteroatoms. The molecule has 0 amide bonds. The van der Waals surface area contributed by atoms with Gasteiger partial charge in [-0.05, 0) is 30.5 Å². The molecule has 0 spiro atoms. The molecule has 1 heterocycles. The summed E-state index contributed by atoms with van der Waals surface area (Å²) in [5.74, 6) is 1.08. The highest BCUT2D eigenvalue weighted by Gasteiger charge is 2.40. The Hall–Kier alpha value is -1.35. The van der Waals surface area contributed by atoms with Crippen LogP contribution in [0.4, 0.5) is 0 Å². The van der Waals surface area contributed by atoms with E-state index in [1.165, 1.54) is 0 Å². The van der Waals surface area contributed by atoms with E-state index in [1.807, 2.05) is 18.2 Å². The lowest BCUT2D eigenvalue weighted by molar-refractivity contribution is 0.151. The molecule has 2 aromatic rings. The Morgan fingerprint density at radius 3 is 2.82 bits per heavy atom. The molecule has 0 aliphatic heterocycles. The number of fused-ring (bicyclic) bond motifs is 1. The number of oxazole rings is 1. The number of aromatic nitrogens is 1. The number of rotatable bonds is 3. The standard InChI is InChI=1S/C14H17NO2/c1-9(2)13-15-11-7-10(3-4-12(11)17-13)8-14(16)5-6-14/h3-4,7,9,16H,5-6,8H2,1-2H3. The van der Waals surface area contributed by atoms with Crippen LogP contribution in [0.5, 0.6) is 0 Å². The molecule has 1 fully saturated rings. The molecule has 1 N–H and O–H groups in total. The summed E-state index contributed by atoms with van der Waals surface area (Å²) < 4.78 is 5.66. The number of nitrogens with zero attached hydrogens (tertiary/aromatic N) is 1. The molecule has 1 aromatic carbocycles. The van der Waals surface area contributed by atoms with E-state index in [0.29, 0.717) is 5.92 Å². The first kappa shape index (κ1) is 10.8. The van der Waals surface area contributed by atoms with Gasteiger partial charge in [0.2, 0.25) is 0 Å². The predicted molar refractivity (Wildman–Crippen MR) is 66.0 cm³/mol. The largest absolute Gasteiger partial charge is 0.440 e. The second kappa shape index (κ2) is 3.57. The zero-order valence-corrected chi connectivity index (χ0v) is 10.2. The highest BCUT2D eigenvalue weighted by molar-refractivity contribution is 5.73. The van der Waals surface area contributed by atoms with Crippen LogP contribution < -0.4 is 0 Å². The van der Waals surface area contributed by atoms with Crippen molar-refractivity contribution < 1.29 is 9.52 Å². The normalized spacial score (nSPS) is 17.9. The SMILES string of the molecule is CC(C)c1nc2cc(CC3(O)CC3)ccc2o1. The van der Waals surface area contributed by atoms with Gasteiger partial charge in [-0.1, -0.05) is 19.9 Å². The van der Waals surface area contributed by atoms with Crippen LogP contribution in [0.2, 0.25) is 0 Å². The minimum atomic E-state index is -0.446. The topological polar surface area (TPSA) is 46.3 Å². The van der Waals surface area contributed by atoms with E-state index in [9.17, 15) is 5.11 Å². The molecule has 3 nitrogen and oxygen atoms in total. The van der Waals surface area contributed by atoms with Gasteiger partial charge in [-0.15, -0.1) is 0 Å². The Labute approximate surface area is 100 Å². The minimum Gasteiger partial charge on any atom is -0.440 e. The molecular formula is C14H17NO2. The molecular weight excluding hydrogens is 214 g/mol. The first-order chi connectivity index (χ1) is 8.06. The second-order valence-electron chi connectivity index (χ2n) is 5.41. The van der Waals surface area contributed by atoms with Crippen LogP contribution in [0.25, 0.3) is 11.1 Å². The Balaban J connectivity index is 1.94. The number of hydrogen-bond donors (Lipinski definition) is 1. The summed E-state index contributed by atoms with van der Waals surface area (Å²) in [6, 6.07) is 6.00. The lowest BCUT2D eigenvalue weighted by Crippen LogP contribution is -2.10. The molecule has 0 bridgehead atoms. The summed E-state index contributed by atoms with van der Waals surface area (Å²) in [6.07, 6.45) is 2.56. The van der Waals surface area contributed by atoms with Gasteiger partial charge < -0.3 is 9.52 Å². The minimum absolute atomic E-state index is 0.304. The Morgan fingerprint density at radius 2 is 2.18 bits per heavy atom. The third kappa shape index (κ3) is 2.07. The van der Waals surface area contributed by atoms with Gasteiger partial charge >= 0.3 is 0 Å². The van der Waals surface area contributed by atoms with Crippen molar-refractivity contribution in [3.8, 4) is 0 Å². The maximum atomic E-state index is 9.90. The fraction of sp³-hybridized carbons (Fsp3) is 0.500. The van der Waals surface area contributed by atoms with Crippen molar-refractivity contribution in [2.24, 2.45) is 0 Å². The van der Waals surface area contributed by atoms with Crippen LogP contribution in [-0.2, 0) is 6.42 Å². The average Bonchev–Trinajstić information content (AvgIpc) is 2.84. The zero-order chi connectivity index (χ0) is 12.0. The van der Waals surface area contributed by atoms with Crippen LogP contribution in [0.3, 0.4) is 0 Å². The van der Waals surface area contributed by atoms with Gasteiger partial charge in [-0.25, -0.2) is 4.98 Å². The van der Waals surface area contributed by atoms with Crippen molar-refractivity contribution >= 4 is 11.1 Å². The molecule has 1 saturated carbocycles. The molecule has 1 aliphatic rings. The first-order valence-electron chi connectivity index (χ1n) is 6.17. The van der Waals surface area contributed by atoms with Crippen molar-refractivity contribution in [2.75, 3.05) is 0 Å². The van der Waals surface area contributed by atoms with Crippen LogP contribution in [-0.4, -0.2) is 15.7 Å². The summed E-state index contributed by atoms with van der Waals surface area (Å²) >= 11 is 0. The molecule has 0 atom stereocenters. The van der Waals surface area contributed by atoms with Gasteiger partial charge in [0.05, 0.1) is 5.60 Å². The van der Waals surface area contributed by atoms with E-state index < -0.39 is 5.60 Å². The third-order valence-corrected chi connectivity index (χ3v) is 3.32. The van der Waals surface area contributed by atoms with Crippen molar-refractivity contribution in [3.05, 3.63) is 29.7 Å². The molecule has 0 radical (unpaired) electrons. The highest BCUT2D eigenvalue weighted by Crippen LogP contribution is 2.38. The van der Waals surface area contributed by atoms with E-state index >= 15 is 0 Å². The molecule has 90 valence electrons. The van der Waals surface area contributed by atoms with E-state index in [2.05, 4.69) is 18.8 Å². The molecule has 17 heavy (non-hydrogen) atoms. The fourth-order valence-electron chi connectivity index (χ4n) is 2.05. The first-order valence-corrected chi connectivity index (χ1v) is 6.17. The Bertz CT molecular complexity index is 552. The molecule has 1 aromatic heterocycles. The predicted octanol–water partition coefficient (Wildman–Crippen LogP) is 3.02. The molecule has 0 saturated heterocycles. The Kier molecular flexibility index (Phi) is 2.26. The van der Waals surface area contributed by atoms with E-state index in [0.717, 1.165) is 41.8 Å². The van der Waals surface area contributed by atoms with Gasteiger partial charge in [0.1, 0.15) is 5.52 Å². The van der Waals surface area contributed by atoms with Crippen LogP contribution >= 0.6 is 0 Å². The lowest BCUT2D eigenvalue weighted by Gasteiger charge is -2.06. The van der Waals surface area contributed by atoms with Gasteiger partial charge in [-0.3, -0.25) is 0 Å². The van der Waals surface area contributed by atoms with E-state index in [4.69, 9.17) is 4.42 Å². The average molecular weight is 231 g/mol. The van der Waals surface area contributed by atoms with Gasteiger partial charge in [0.15, 0.2) is 11.5 Å². The van der Waals surface area contributed by atoms with Crippen molar-refractivity contribution in [1.82, 2.24) is 4.98 Å². The summed E-state index contributed by atoms with van der Waals surface area (Å²) in [4.78, 5) is 4.47. The summed E-state index contributed by atoms with van der Waals surface area (Å²) in [7, 11) is 0. The van der Waals surface area contributed by atoms with Gasteiger partial charge in [0, 0.05) is 12.3 Å². The van der Waals surface area contributed by atoms with Gasteiger partial charge in [0.25, 0.3) is 0 Å². The smallest absolute Gasteiger partial charge is 0.198 e. The Morgan fingerprint density at radius 1 is 1.41 bits per heavy atom. The fourth-order valence-corrected chi connectivity index (χ4v) is 2.05.